The Balaban J connectivity index is 1.65. The Kier molecular flexibility index (Phi) is 8.20. The maximum atomic E-state index is 14.5. The van der Waals surface area contributed by atoms with E-state index in [9.17, 15) is 26.7 Å². The van der Waals surface area contributed by atoms with Crippen LogP contribution in [0.4, 0.5) is 22.0 Å². The van der Waals surface area contributed by atoms with Gasteiger partial charge in [0.2, 0.25) is 0 Å². The fourth-order valence-corrected chi connectivity index (χ4v) is 3.45. The number of hydrogen-bond donors (Lipinski definition) is 0. The molecule has 0 saturated carbocycles. The van der Waals surface area contributed by atoms with Crippen LogP contribution in [0.25, 0.3) is 0 Å². The van der Waals surface area contributed by atoms with Crippen molar-refractivity contribution in [3.63, 3.8) is 0 Å². The number of hydrogen-bond acceptors (Lipinski definition) is 2. The maximum absolute atomic E-state index is 14.5. The van der Waals surface area contributed by atoms with Gasteiger partial charge in [0.1, 0.15) is 22.9 Å². The van der Waals surface area contributed by atoms with Gasteiger partial charge in [0.25, 0.3) is 0 Å². The van der Waals surface area contributed by atoms with E-state index in [-0.39, 0.29) is 0 Å². The molecule has 2 nitrogen and oxygen atoms in total. The van der Waals surface area contributed by atoms with E-state index in [0.717, 1.165) is 37.0 Å². The van der Waals surface area contributed by atoms with Crippen LogP contribution in [0.15, 0.2) is 48.5 Å². The zero-order valence-corrected chi connectivity index (χ0v) is 18.1. The van der Waals surface area contributed by atoms with E-state index in [0.29, 0.717) is 30.5 Å². The fourth-order valence-electron chi connectivity index (χ4n) is 3.45. The van der Waals surface area contributed by atoms with Crippen molar-refractivity contribution in [1.82, 2.24) is 0 Å². The molecule has 0 aliphatic rings. The minimum absolute atomic E-state index is 0.340. The number of ether oxygens (including phenoxy) is 1. The van der Waals surface area contributed by atoms with Gasteiger partial charge in [0.05, 0.1) is 0 Å². The molecule has 0 bridgehead atoms. The topological polar surface area (TPSA) is 26.3 Å². The van der Waals surface area contributed by atoms with Crippen molar-refractivity contribution in [3.05, 3.63) is 99.9 Å². The molecule has 3 aromatic carbocycles. The van der Waals surface area contributed by atoms with Crippen molar-refractivity contribution < 1.29 is 31.5 Å². The Hall–Kier alpha value is -3.22. The van der Waals surface area contributed by atoms with Crippen LogP contribution >= 0.6 is 0 Å². The third-order valence-corrected chi connectivity index (χ3v) is 5.27. The largest absolute Gasteiger partial charge is 0.423 e. The first-order valence-electron chi connectivity index (χ1n) is 10.7. The Labute approximate surface area is 189 Å². The molecule has 0 heterocycles. The molecule has 0 N–H and O–H groups in total. The number of halogens is 5. The molecule has 0 aliphatic carbocycles. The summed E-state index contributed by atoms with van der Waals surface area (Å²) in [7, 11) is 0. The van der Waals surface area contributed by atoms with Crippen LogP contribution in [0.2, 0.25) is 0 Å². The number of rotatable bonds is 9. The number of benzene rings is 3. The highest BCUT2D eigenvalue weighted by Crippen LogP contribution is 2.23. The summed E-state index contributed by atoms with van der Waals surface area (Å²) in [5.41, 5.74) is 1.60. The van der Waals surface area contributed by atoms with Crippen LogP contribution in [0.1, 0.15) is 53.2 Å². The van der Waals surface area contributed by atoms with Gasteiger partial charge >= 0.3 is 5.97 Å². The molecule has 33 heavy (non-hydrogen) atoms. The molecule has 0 radical (unpaired) electrons. The molecule has 174 valence electrons. The van der Waals surface area contributed by atoms with E-state index in [1.54, 1.807) is 0 Å². The van der Waals surface area contributed by atoms with Gasteiger partial charge in [-0.25, -0.2) is 26.7 Å². The lowest BCUT2D eigenvalue weighted by Gasteiger charge is -2.09. The normalized spacial score (nSPS) is 11.0. The van der Waals surface area contributed by atoms with Gasteiger partial charge in [-0.15, -0.1) is 0 Å². The first-order valence-corrected chi connectivity index (χ1v) is 10.7. The SMILES string of the molecule is CCCCCc1ccc(CCc2cc(F)c(C(=O)Oc3cc(F)c(F)c(F)c3)c(F)c2)cc1. The summed E-state index contributed by atoms with van der Waals surface area (Å²) in [5.74, 6) is -9.46. The summed E-state index contributed by atoms with van der Waals surface area (Å²) in [6, 6.07) is 10.9. The van der Waals surface area contributed by atoms with Gasteiger partial charge in [-0.1, -0.05) is 44.0 Å². The van der Waals surface area contributed by atoms with Gasteiger partial charge in [-0.3, -0.25) is 0 Å². The first-order chi connectivity index (χ1) is 15.8. The van der Waals surface area contributed by atoms with Crippen molar-refractivity contribution in [2.75, 3.05) is 0 Å². The average molecular weight is 462 g/mol. The molecular weight excluding hydrogens is 439 g/mol. The summed E-state index contributed by atoms with van der Waals surface area (Å²) in [4.78, 5) is 12.1. The monoisotopic (exact) mass is 462 g/mol. The molecule has 0 aromatic heterocycles. The molecule has 3 aromatic rings. The fraction of sp³-hybridized carbons (Fsp3) is 0.269. The summed E-state index contributed by atoms with van der Waals surface area (Å²) in [6.45, 7) is 2.15. The van der Waals surface area contributed by atoms with Crippen molar-refractivity contribution >= 4 is 5.97 Å². The van der Waals surface area contributed by atoms with E-state index < -0.39 is 46.4 Å². The molecule has 0 amide bonds. The minimum atomic E-state index is -1.75. The molecular formula is C26H23F5O2. The second-order valence-electron chi connectivity index (χ2n) is 7.80. The van der Waals surface area contributed by atoms with Crippen LogP contribution in [0.3, 0.4) is 0 Å². The number of carbonyl (C=O) groups is 1. The number of unbranched alkanes of at least 4 members (excludes halogenated alkanes) is 2. The van der Waals surface area contributed by atoms with E-state index >= 15 is 0 Å². The predicted octanol–water partition coefficient (Wildman–Crippen LogP) is 7.12. The molecule has 7 heteroatoms. The van der Waals surface area contributed by atoms with Crippen molar-refractivity contribution in [3.8, 4) is 5.75 Å². The van der Waals surface area contributed by atoms with E-state index in [1.165, 1.54) is 12.0 Å². The van der Waals surface area contributed by atoms with Gasteiger partial charge in [0, 0.05) is 12.1 Å². The van der Waals surface area contributed by atoms with Gasteiger partial charge < -0.3 is 4.74 Å². The second kappa shape index (κ2) is 11.1. The standard InChI is InChI=1S/C26H23F5O2/c1-2-3-4-5-16-6-8-17(9-7-16)10-11-18-12-20(27)24(21(28)13-18)26(32)33-19-14-22(29)25(31)23(30)15-19/h6-9,12-15H,2-5,10-11H2,1H3. The zero-order valence-electron chi connectivity index (χ0n) is 18.1. The highest BCUT2D eigenvalue weighted by Gasteiger charge is 2.22. The van der Waals surface area contributed by atoms with Gasteiger partial charge in [-0.05, 0) is 54.5 Å². The van der Waals surface area contributed by atoms with Gasteiger partial charge in [0.15, 0.2) is 17.5 Å². The lowest BCUT2D eigenvalue weighted by atomic mass is 10.00. The predicted molar refractivity (Wildman–Crippen MR) is 115 cm³/mol. The highest BCUT2D eigenvalue weighted by molar-refractivity contribution is 5.91. The van der Waals surface area contributed by atoms with Gasteiger partial charge in [-0.2, -0.15) is 0 Å². The second-order valence-corrected chi connectivity index (χ2v) is 7.80. The number of carbonyl (C=O) groups excluding carboxylic acids is 1. The molecule has 0 spiro atoms. The molecule has 3 rings (SSSR count). The smallest absolute Gasteiger partial charge is 0.349 e. The molecule has 0 saturated heterocycles. The van der Waals surface area contributed by atoms with Crippen LogP contribution in [-0.2, 0) is 19.3 Å². The third-order valence-electron chi connectivity index (χ3n) is 5.27. The lowest BCUT2D eigenvalue weighted by molar-refractivity contribution is 0.0723. The third kappa shape index (κ3) is 6.40. The van der Waals surface area contributed by atoms with Crippen molar-refractivity contribution in [1.29, 1.82) is 0 Å². The Bertz CT molecular complexity index is 1080. The summed E-state index contributed by atoms with van der Waals surface area (Å²) < 4.78 is 73.1. The first kappa shape index (κ1) is 24.4. The Morgan fingerprint density at radius 2 is 1.21 bits per heavy atom. The van der Waals surface area contributed by atoms with Crippen LogP contribution in [-0.4, -0.2) is 5.97 Å². The summed E-state index contributed by atoms with van der Waals surface area (Å²) in [6.07, 6.45) is 5.37. The highest BCUT2D eigenvalue weighted by atomic mass is 19.2. The van der Waals surface area contributed by atoms with Crippen molar-refractivity contribution in [2.45, 2.75) is 45.4 Å². The quantitative estimate of drug-likeness (QED) is 0.111. The van der Waals surface area contributed by atoms with Crippen LogP contribution < -0.4 is 4.74 Å². The van der Waals surface area contributed by atoms with E-state index in [1.807, 2.05) is 24.3 Å². The lowest BCUT2D eigenvalue weighted by Crippen LogP contribution is -2.14. The molecule has 0 atom stereocenters. The van der Waals surface area contributed by atoms with Crippen LogP contribution in [0, 0.1) is 29.1 Å². The molecule has 0 aliphatic heterocycles. The summed E-state index contributed by atoms with van der Waals surface area (Å²) >= 11 is 0. The van der Waals surface area contributed by atoms with E-state index in [2.05, 4.69) is 11.7 Å². The Morgan fingerprint density at radius 3 is 1.76 bits per heavy atom. The average Bonchev–Trinajstić information content (AvgIpc) is 2.76. The maximum Gasteiger partial charge on any atom is 0.349 e. The molecule has 0 unspecified atom stereocenters. The van der Waals surface area contributed by atoms with E-state index in [4.69, 9.17) is 0 Å². The minimum Gasteiger partial charge on any atom is -0.423 e. The Morgan fingerprint density at radius 1 is 0.697 bits per heavy atom. The number of esters is 1. The summed E-state index contributed by atoms with van der Waals surface area (Å²) in [5, 5.41) is 0. The molecule has 0 fully saturated rings. The van der Waals surface area contributed by atoms with Crippen molar-refractivity contribution in [2.24, 2.45) is 0 Å². The number of aryl methyl sites for hydroxylation is 3. The van der Waals surface area contributed by atoms with Crippen LogP contribution in [0.5, 0.6) is 5.75 Å². The zero-order chi connectivity index (χ0) is 24.0.